The summed E-state index contributed by atoms with van der Waals surface area (Å²) in [6.07, 6.45) is -0.984. The van der Waals surface area contributed by atoms with Gasteiger partial charge in [-0.05, 0) is 29.8 Å². The molecule has 194 valence electrons. The molecule has 11 nitrogen and oxygen atoms in total. The van der Waals surface area contributed by atoms with Crippen molar-refractivity contribution in [1.29, 1.82) is 5.41 Å². The van der Waals surface area contributed by atoms with Crippen LogP contribution in [0.2, 0.25) is 0 Å². The van der Waals surface area contributed by atoms with Crippen LogP contribution >= 0.6 is 11.3 Å². The Morgan fingerprint density at radius 3 is 2.84 bits per heavy atom. The molecule has 15 heteroatoms. The zero-order valence-corrected chi connectivity index (χ0v) is 19.9. The minimum absolute atomic E-state index is 0.186. The van der Waals surface area contributed by atoms with Crippen molar-refractivity contribution >= 4 is 39.8 Å². The van der Waals surface area contributed by atoms with Crippen molar-refractivity contribution in [3.8, 4) is 11.3 Å². The minimum atomic E-state index is -4.49. The molecule has 0 aliphatic carbocycles. The fourth-order valence-electron chi connectivity index (χ4n) is 3.26. The number of imidazole rings is 1. The van der Waals surface area contributed by atoms with E-state index in [0.29, 0.717) is 28.7 Å². The summed E-state index contributed by atoms with van der Waals surface area (Å²) < 4.78 is 38.7. The van der Waals surface area contributed by atoms with Gasteiger partial charge in [-0.15, -0.1) is 11.3 Å². The fraction of sp³-hybridized carbons (Fsp3) is 0.182. The molecule has 3 heterocycles. The number of carbonyl (C=O) groups excluding carboxylic acids is 1. The van der Waals surface area contributed by atoms with E-state index in [1.807, 2.05) is 22.7 Å². The Kier molecular flexibility index (Phi) is 7.86. The molecule has 1 aromatic carbocycles. The first-order valence-electron chi connectivity index (χ1n) is 10.7. The topological polar surface area (TPSA) is 154 Å². The molecular weight excluding hydrogens is 511 g/mol. The monoisotopic (exact) mass is 533 g/mol. The molecule has 0 aliphatic heterocycles. The summed E-state index contributed by atoms with van der Waals surface area (Å²) in [5.74, 6) is -0.186. The van der Waals surface area contributed by atoms with Crippen molar-refractivity contribution in [2.45, 2.75) is 19.3 Å². The van der Waals surface area contributed by atoms with Crippen LogP contribution in [-0.4, -0.2) is 39.1 Å². The molecule has 37 heavy (non-hydrogen) atoms. The number of pyridine rings is 1. The van der Waals surface area contributed by atoms with Gasteiger partial charge in [0.25, 0.3) is 0 Å². The van der Waals surface area contributed by atoms with Gasteiger partial charge in [0.2, 0.25) is 0 Å². The predicted octanol–water partition coefficient (Wildman–Crippen LogP) is 3.67. The Bertz CT molecular complexity index is 1400. The number of urea groups is 1. The number of carbonyl (C=O) groups is 1. The van der Waals surface area contributed by atoms with Crippen molar-refractivity contribution in [2.24, 2.45) is 5.73 Å². The Balaban J connectivity index is 1.34. The second kappa shape index (κ2) is 11.2. The number of hydroxylamine groups is 1. The summed E-state index contributed by atoms with van der Waals surface area (Å²) in [4.78, 5) is 25.9. The second-order valence-electron chi connectivity index (χ2n) is 7.70. The van der Waals surface area contributed by atoms with E-state index < -0.39 is 18.8 Å². The molecule has 0 saturated heterocycles. The van der Waals surface area contributed by atoms with Gasteiger partial charge in [0.1, 0.15) is 18.8 Å². The van der Waals surface area contributed by atoms with E-state index in [1.165, 1.54) is 11.3 Å². The van der Waals surface area contributed by atoms with Crippen LogP contribution in [0.25, 0.3) is 16.9 Å². The first kappa shape index (κ1) is 25.9. The van der Waals surface area contributed by atoms with Crippen LogP contribution in [0.1, 0.15) is 11.3 Å². The first-order chi connectivity index (χ1) is 17.7. The molecule has 0 saturated carbocycles. The molecule has 0 unspecified atom stereocenters. The normalized spacial score (nSPS) is 11.4. The highest BCUT2D eigenvalue weighted by atomic mass is 32.1. The number of alkyl halides is 3. The number of benzene rings is 1. The highest BCUT2D eigenvalue weighted by Gasteiger charge is 2.27. The molecule has 0 atom stereocenters. The number of guanidine groups is 1. The average Bonchev–Trinajstić information content (AvgIpc) is 3.46. The van der Waals surface area contributed by atoms with E-state index in [0.717, 1.165) is 16.8 Å². The van der Waals surface area contributed by atoms with Gasteiger partial charge in [-0.25, -0.2) is 14.8 Å². The number of hydrogen-bond acceptors (Lipinski definition) is 7. The Morgan fingerprint density at radius 2 is 2.05 bits per heavy atom. The van der Waals surface area contributed by atoms with E-state index in [1.54, 1.807) is 41.2 Å². The van der Waals surface area contributed by atoms with Crippen LogP contribution in [0.15, 0.2) is 54.2 Å². The Hall–Kier alpha value is -4.21. The van der Waals surface area contributed by atoms with Crippen molar-refractivity contribution < 1.29 is 22.8 Å². The predicted molar refractivity (Wildman–Crippen MR) is 133 cm³/mol. The number of anilines is 2. The molecule has 4 rings (SSSR count). The lowest BCUT2D eigenvalue weighted by Crippen LogP contribution is -2.36. The van der Waals surface area contributed by atoms with Crippen molar-refractivity contribution in [3.05, 3.63) is 65.4 Å². The first-order valence-corrected chi connectivity index (χ1v) is 11.6. The van der Waals surface area contributed by atoms with E-state index in [2.05, 4.69) is 26.1 Å². The Morgan fingerprint density at radius 1 is 1.22 bits per heavy atom. The minimum Gasteiger partial charge on any atom is -0.370 e. The van der Waals surface area contributed by atoms with E-state index in [4.69, 9.17) is 16.0 Å². The number of nitrogens with one attached hydrogen (secondary N) is 5. The van der Waals surface area contributed by atoms with Crippen LogP contribution in [0, 0.1) is 5.41 Å². The van der Waals surface area contributed by atoms with Gasteiger partial charge in [-0.3, -0.25) is 14.6 Å². The van der Waals surface area contributed by atoms with Crippen molar-refractivity contribution in [2.75, 3.05) is 17.2 Å². The molecule has 3 aromatic heterocycles. The SMILES string of the molecule is N=C(N)Nc1nc(CONCc2ccn3c(-c4cccc(NC(=O)NCC(F)(F)F)c4)cnc3c2)cs1. The van der Waals surface area contributed by atoms with Gasteiger partial charge in [0.05, 0.1) is 17.6 Å². The standard InChI is InChI=1S/C22H22F3N9O2S/c23-22(24,25)12-29-20(35)31-15-3-1-2-14(7-15)17-9-28-18-6-13(4-5-34(17)18)8-30-36-10-16-11-37-21(32-16)33-19(26)27/h1-7,9,11,30H,8,10,12H2,(H2,29,31,35)(H4,26,27,32,33). The number of halogens is 3. The van der Waals surface area contributed by atoms with Crippen LogP contribution in [0.5, 0.6) is 0 Å². The molecule has 0 bridgehead atoms. The quantitative estimate of drug-likeness (QED) is 0.0830. The van der Waals surface area contributed by atoms with Gasteiger partial charge in [0.15, 0.2) is 11.1 Å². The van der Waals surface area contributed by atoms with Gasteiger partial charge >= 0.3 is 12.2 Å². The highest BCUT2D eigenvalue weighted by Crippen LogP contribution is 2.24. The van der Waals surface area contributed by atoms with Crippen LogP contribution in [0.3, 0.4) is 0 Å². The lowest BCUT2D eigenvalue weighted by Gasteiger charge is -2.11. The summed E-state index contributed by atoms with van der Waals surface area (Å²) in [6, 6.07) is 9.54. The number of fused-ring (bicyclic) bond motifs is 1. The van der Waals surface area contributed by atoms with Crippen LogP contribution in [-0.2, 0) is 18.0 Å². The van der Waals surface area contributed by atoms with Crippen molar-refractivity contribution in [3.63, 3.8) is 0 Å². The highest BCUT2D eigenvalue weighted by molar-refractivity contribution is 7.13. The number of amides is 2. The van der Waals surface area contributed by atoms with Gasteiger partial charge in [0, 0.05) is 29.4 Å². The number of rotatable bonds is 9. The lowest BCUT2D eigenvalue weighted by atomic mass is 10.1. The fourth-order valence-corrected chi connectivity index (χ4v) is 3.97. The second-order valence-corrected chi connectivity index (χ2v) is 8.56. The largest absolute Gasteiger partial charge is 0.405 e. The maximum atomic E-state index is 12.3. The van der Waals surface area contributed by atoms with Crippen LogP contribution < -0.4 is 27.2 Å². The van der Waals surface area contributed by atoms with Crippen LogP contribution in [0.4, 0.5) is 28.8 Å². The molecule has 0 aliphatic rings. The average molecular weight is 534 g/mol. The zero-order chi connectivity index (χ0) is 26.4. The maximum Gasteiger partial charge on any atom is 0.405 e. The molecule has 0 radical (unpaired) electrons. The molecule has 7 N–H and O–H groups in total. The summed E-state index contributed by atoms with van der Waals surface area (Å²) in [6.45, 7) is -0.781. The number of aromatic nitrogens is 3. The molecule has 2 amide bonds. The third-order valence-electron chi connectivity index (χ3n) is 4.83. The van der Waals surface area contributed by atoms with E-state index >= 15 is 0 Å². The molecule has 4 aromatic rings. The smallest absolute Gasteiger partial charge is 0.370 e. The summed E-state index contributed by atoms with van der Waals surface area (Å²) >= 11 is 1.31. The lowest BCUT2D eigenvalue weighted by molar-refractivity contribution is -0.122. The molecular formula is C22H22F3N9O2S. The van der Waals surface area contributed by atoms with E-state index in [-0.39, 0.29) is 12.6 Å². The third-order valence-corrected chi connectivity index (χ3v) is 5.64. The number of hydrogen-bond donors (Lipinski definition) is 6. The molecule has 0 fully saturated rings. The number of thiazole rings is 1. The number of nitrogens with two attached hydrogens (primary N) is 1. The maximum absolute atomic E-state index is 12.3. The molecule has 0 spiro atoms. The van der Waals surface area contributed by atoms with Gasteiger partial charge in [-0.2, -0.15) is 18.7 Å². The summed E-state index contributed by atoms with van der Waals surface area (Å²) in [5, 5.41) is 16.3. The Labute approximate surface area is 212 Å². The summed E-state index contributed by atoms with van der Waals surface area (Å²) in [7, 11) is 0. The zero-order valence-electron chi connectivity index (χ0n) is 19.1. The number of nitrogens with zero attached hydrogens (tertiary/aromatic N) is 3. The van der Waals surface area contributed by atoms with Crippen molar-refractivity contribution in [1.82, 2.24) is 25.2 Å². The van der Waals surface area contributed by atoms with E-state index in [9.17, 15) is 18.0 Å². The van der Waals surface area contributed by atoms with Gasteiger partial charge in [-0.1, -0.05) is 12.1 Å². The third kappa shape index (κ3) is 7.39. The van der Waals surface area contributed by atoms with Gasteiger partial charge < -0.3 is 21.7 Å². The summed E-state index contributed by atoms with van der Waals surface area (Å²) in [5.41, 5.74) is 12.2.